The number of amides is 1. The first-order chi connectivity index (χ1) is 14.7. The van der Waals surface area contributed by atoms with E-state index in [2.05, 4.69) is 21.8 Å². The number of carbonyl (C=O) groups excluding carboxylic acids is 1. The minimum atomic E-state index is -0.506. The van der Waals surface area contributed by atoms with E-state index in [0.29, 0.717) is 25.4 Å². The van der Waals surface area contributed by atoms with Crippen LogP contribution in [0.5, 0.6) is 0 Å². The summed E-state index contributed by atoms with van der Waals surface area (Å²) in [6, 6.07) is 6.22. The molecule has 1 aromatic heterocycles. The third-order valence-corrected chi connectivity index (χ3v) is 6.44. The molecule has 0 bridgehead atoms. The van der Waals surface area contributed by atoms with E-state index >= 15 is 0 Å². The predicted molar refractivity (Wildman–Crippen MR) is 134 cm³/mol. The molecule has 2 aromatic rings. The zero-order chi connectivity index (χ0) is 22.2. The molecule has 6 nitrogen and oxygen atoms in total. The number of rotatable bonds is 5. The molecule has 0 unspecified atom stereocenters. The maximum Gasteiger partial charge on any atom is 0.230 e. The Hall–Kier alpha value is -1.96. The lowest BCUT2D eigenvalue weighted by molar-refractivity contribution is -0.133. The van der Waals surface area contributed by atoms with Gasteiger partial charge in [0.2, 0.25) is 5.91 Å². The van der Waals surface area contributed by atoms with E-state index in [9.17, 15) is 9.18 Å². The number of benzene rings is 1. The molecule has 0 radical (unpaired) electrons. The number of hydrogen-bond donors (Lipinski definition) is 1. The van der Waals surface area contributed by atoms with E-state index in [1.54, 1.807) is 18.5 Å². The molecule has 4 rings (SSSR count). The average molecular weight is 498 g/mol. The summed E-state index contributed by atoms with van der Waals surface area (Å²) < 4.78 is 13.4. The topological polar surface area (TPSA) is 75.4 Å². The first kappa shape index (κ1) is 27.3. The highest BCUT2D eigenvalue weighted by molar-refractivity contribution is 5.86. The number of nitrogens with zero attached hydrogens (tertiary/aromatic N) is 4. The lowest BCUT2D eigenvalue weighted by Crippen LogP contribution is -2.51. The van der Waals surface area contributed by atoms with Crippen molar-refractivity contribution < 1.29 is 9.18 Å². The molecule has 33 heavy (non-hydrogen) atoms. The molecule has 1 aliphatic heterocycles. The second-order valence-electron chi connectivity index (χ2n) is 9.61. The summed E-state index contributed by atoms with van der Waals surface area (Å²) in [7, 11) is 0. The molecule has 2 aliphatic rings. The number of piperazine rings is 1. The summed E-state index contributed by atoms with van der Waals surface area (Å²) in [6.45, 7) is 8.83. The van der Waals surface area contributed by atoms with Gasteiger partial charge in [0.15, 0.2) is 0 Å². The van der Waals surface area contributed by atoms with Crippen molar-refractivity contribution in [3.05, 3.63) is 53.2 Å². The van der Waals surface area contributed by atoms with Crippen LogP contribution in [-0.4, -0.2) is 52.5 Å². The lowest BCUT2D eigenvalue weighted by atomic mass is 9.85. The second-order valence-corrected chi connectivity index (χ2v) is 9.61. The highest BCUT2D eigenvalue weighted by Crippen LogP contribution is 2.37. The van der Waals surface area contributed by atoms with Gasteiger partial charge in [-0.05, 0) is 56.7 Å². The van der Waals surface area contributed by atoms with Crippen LogP contribution in [0.1, 0.15) is 62.3 Å². The summed E-state index contributed by atoms with van der Waals surface area (Å²) in [5.74, 6) is 0.879. The van der Waals surface area contributed by atoms with E-state index in [1.807, 2.05) is 18.7 Å². The van der Waals surface area contributed by atoms with Crippen molar-refractivity contribution in [1.29, 1.82) is 0 Å². The monoisotopic (exact) mass is 497 g/mol. The molecule has 2 N–H and O–H groups in total. The maximum absolute atomic E-state index is 13.5. The largest absolute Gasteiger partial charge is 0.353 e. The third-order valence-electron chi connectivity index (χ3n) is 6.44. The Morgan fingerprint density at radius 3 is 2.39 bits per heavy atom. The van der Waals surface area contributed by atoms with Crippen molar-refractivity contribution in [3.63, 3.8) is 0 Å². The fraction of sp³-hybridized carbons (Fsp3) is 0.542. The van der Waals surface area contributed by atoms with Crippen LogP contribution in [-0.2, 0) is 11.2 Å². The summed E-state index contributed by atoms with van der Waals surface area (Å²) >= 11 is 0. The molecule has 1 saturated heterocycles. The SMILES string of the molecule is C[C@@H]1CCc2ncnc(N3CCN(C(=O)[C@@H](CC(C)(C)N)c4ccc(F)cc4)CC3)c21.Cl.Cl. The van der Waals surface area contributed by atoms with Gasteiger partial charge in [-0.25, -0.2) is 14.4 Å². The molecule has 1 aromatic carbocycles. The Kier molecular flexibility index (Phi) is 9.08. The number of aromatic nitrogens is 2. The molecule has 0 spiro atoms. The van der Waals surface area contributed by atoms with Gasteiger partial charge in [-0.1, -0.05) is 19.1 Å². The second kappa shape index (κ2) is 11.0. The van der Waals surface area contributed by atoms with Gasteiger partial charge in [0, 0.05) is 43.0 Å². The molecule has 0 saturated carbocycles. The van der Waals surface area contributed by atoms with Crippen LogP contribution in [0.3, 0.4) is 0 Å². The quantitative estimate of drug-likeness (QED) is 0.673. The highest BCUT2D eigenvalue weighted by atomic mass is 35.5. The molecule has 2 atom stereocenters. The van der Waals surface area contributed by atoms with Crippen LogP contribution >= 0.6 is 24.8 Å². The van der Waals surface area contributed by atoms with Crippen LogP contribution in [0.2, 0.25) is 0 Å². The van der Waals surface area contributed by atoms with Gasteiger partial charge < -0.3 is 15.5 Å². The summed E-state index contributed by atoms with van der Waals surface area (Å²) in [6.07, 6.45) is 4.30. The van der Waals surface area contributed by atoms with Crippen molar-refractivity contribution in [2.45, 2.75) is 57.4 Å². The van der Waals surface area contributed by atoms with Gasteiger partial charge in [0.05, 0.1) is 5.92 Å². The number of hydrogen-bond acceptors (Lipinski definition) is 5. The number of fused-ring (bicyclic) bond motifs is 1. The lowest BCUT2D eigenvalue weighted by Gasteiger charge is -2.38. The van der Waals surface area contributed by atoms with Crippen molar-refractivity contribution in [2.24, 2.45) is 5.73 Å². The molecule has 182 valence electrons. The van der Waals surface area contributed by atoms with Gasteiger partial charge in [-0.3, -0.25) is 4.79 Å². The van der Waals surface area contributed by atoms with Crippen molar-refractivity contribution in [2.75, 3.05) is 31.1 Å². The fourth-order valence-corrected chi connectivity index (χ4v) is 4.80. The van der Waals surface area contributed by atoms with Gasteiger partial charge in [-0.2, -0.15) is 0 Å². The Bertz CT molecular complexity index is 943. The minimum absolute atomic E-state index is 0. The zero-order valence-electron chi connectivity index (χ0n) is 19.5. The Balaban J connectivity index is 0.00000193. The maximum atomic E-state index is 13.5. The molecule has 1 amide bonds. The van der Waals surface area contributed by atoms with Gasteiger partial charge in [0.25, 0.3) is 0 Å². The van der Waals surface area contributed by atoms with Crippen molar-refractivity contribution >= 4 is 36.5 Å². The van der Waals surface area contributed by atoms with Crippen LogP contribution in [0, 0.1) is 5.82 Å². The first-order valence-corrected chi connectivity index (χ1v) is 11.1. The molecule has 2 heterocycles. The Morgan fingerprint density at radius 2 is 1.79 bits per heavy atom. The van der Waals surface area contributed by atoms with Crippen LogP contribution in [0.4, 0.5) is 10.2 Å². The summed E-state index contributed by atoms with van der Waals surface area (Å²) in [5.41, 5.74) is 9.01. The predicted octanol–water partition coefficient (Wildman–Crippen LogP) is 4.07. The number of nitrogens with two attached hydrogens (primary N) is 1. The summed E-state index contributed by atoms with van der Waals surface area (Å²) in [5, 5.41) is 0. The van der Waals surface area contributed by atoms with E-state index in [-0.39, 0.29) is 42.5 Å². The van der Waals surface area contributed by atoms with E-state index < -0.39 is 5.54 Å². The van der Waals surface area contributed by atoms with Crippen LogP contribution in [0.25, 0.3) is 0 Å². The average Bonchev–Trinajstić information content (AvgIpc) is 3.13. The van der Waals surface area contributed by atoms with Gasteiger partial charge in [0.1, 0.15) is 18.0 Å². The molecule has 9 heteroatoms. The normalized spacial score (nSPS) is 18.8. The Morgan fingerprint density at radius 1 is 1.15 bits per heavy atom. The molecule has 1 fully saturated rings. The van der Waals surface area contributed by atoms with Gasteiger partial charge >= 0.3 is 0 Å². The summed E-state index contributed by atoms with van der Waals surface area (Å²) in [4.78, 5) is 26.7. The molecular weight excluding hydrogens is 464 g/mol. The smallest absolute Gasteiger partial charge is 0.230 e. The molecular formula is C24H34Cl2FN5O. The minimum Gasteiger partial charge on any atom is -0.353 e. The highest BCUT2D eigenvalue weighted by Gasteiger charge is 2.33. The number of carbonyl (C=O) groups is 1. The fourth-order valence-electron chi connectivity index (χ4n) is 4.80. The van der Waals surface area contributed by atoms with Gasteiger partial charge in [-0.15, -0.1) is 24.8 Å². The number of halogens is 3. The third kappa shape index (κ3) is 6.14. The number of anilines is 1. The molecule has 1 aliphatic carbocycles. The zero-order valence-corrected chi connectivity index (χ0v) is 21.1. The first-order valence-electron chi connectivity index (χ1n) is 11.1. The van der Waals surface area contributed by atoms with E-state index in [4.69, 9.17) is 5.73 Å². The standard InChI is InChI=1S/C24H32FN5O.2ClH/c1-16-4-9-20-21(16)22(28-15-27-20)29-10-12-30(13-11-29)23(31)19(14-24(2,3)26)17-5-7-18(25)8-6-17;;/h5-8,15-16,19H,4,9-14,26H2,1-3H3;2*1H/t16-,19+;;/m1../s1. The van der Waals surface area contributed by atoms with Crippen LogP contribution in [0.15, 0.2) is 30.6 Å². The Labute approximate surface area is 208 Å². The van der Waals surface area contributed by atoms with Crippen molar-refractivity contribution in [3.8, 4) is 0 Å². The van der Waals surface area contributed by atoms with E-state index in [1.165, 1.54) is 17.7 Å². The van der Waals surface area contributed by atoms with Crippen molar-refractivity contribution in [1.82, 2.24) is 14.9 Å². The number of aryl methyl sites for hydroxylation is 1. The van der Waals surface area contributed by atoms with Crippen LogP contribution < -0.4 is 10.6 Å². The van der Waals surface area contributed by atoms with E-state index in [0.717, 1.165) is 43.0 Å².